The Labute approximate surface area is 221 Å². The van der Waals surface area contributed by atoms with Gasteiger partial charge in [-0.3, -0.25) is 9.78 Å². The number of thiocarbonyl (C=S) groups is 1. The topological polar surface area (TPSA) is 93.7 Å². The van der Waals surface area contributed by atoms with Gasteiger partial charge in [-0.15, -0.1) is 0 Å². The van der Waals surface area contributed by atoms with Gasteiger partial charge < -0.3 is 30.2 Å². The third kappa shape index (κ3) is 5.74. The van der Waals surface area contributed by atoms with Crippen LogP contribution < -0.4 is 25.4 Å². The van der Waals surface area contributed by atoms with E-state index in [9.17, 15) is 4.79 Å². The van der Waals surface area contributed by atoms with E-state index in [0.29, 0.717) is 45.9 Å². The summed E-state index contributed by atoms with van der Waals surface area (Å²) in [6.45, 7) is 2.86. The molecule has 4 rings (SSSR count). The second kappa shape index (κ2) is 11.9. The summed E-state index contributed by atoms with van der Waals surface area (Å²) in [5.41, 5.74) is 2.79. The number of benzene rings is 1. The van der Waals surface area contributed by atoms with Gasteiger partial charge >= 0.3 is 0 Å². The smallest absolute Gasteiger partial charge is 0.256 e. The van der Waals surface area contributed by atoms with Crippen LogP contribution in [0.3, 0.4) is 0 Å². The normalized spacial score (nSPS) is 19.8. The molecule has 3 atom stereocenters. The number of ether oxygens (including phenoxy) is 3. The molecule has 1 aliphatic heterocycles. The van der Waals surface area contributed by atoms with Crippen molar-refractivity contribution in [2.24, 2.45) is 5.92 Å². The number of nitrogens with zero attached hydrogens (tertiary/aromatic N) is 1. The molecule has 10 heteroatoms. The third-order valence-electron chi connectivity index (χ3n) is 6.41. The molecule has 2 aliphatic rings. The summed E-state index contributed by atoms with van der Waals surface area (Å²) in [6, 6.07) is 7.34. The Bertz CT molecular complexity index is 1160. The predicted molar refractivity (Wildman–Crippen MR) is 144 cm³/mol. The van der Waals surface area contributed by atoms with Gasteiger partial charge in [0.05, 0.1) is 36.2 Å². The Hall–Kier alpha value is -2.88. The molecule has 1 aromatic heterocycles. The van der Waals surface area contributed by atoms with Crippen molar-refractivity contribution in [2.45, 2.75) is 44.9 Å². The molecule has 1 aromatic carbocycles. The molecule has 0 radical (unpaired) electrons. The predicted octanol–water partition coefficient (Wildman–Crippen LogP) is 4.24. The summed E-state index contributed by atoms with van der Waals surface area (Å²) in [6.07, 6.45) is 6.23. The number of hydrogen-bond acceptors (Lipinski definition) is 7. The van der Waals surface area contributed by atoms with E-state index in [1.165, 1.54) is 0 Å². The standard InChI is InChI=1S/C26H31ClN4O4S/c1-15(14-33-2)35-21-13-28-11-10-16(21)12-29-23-17-6-4-8-19(17)30-25(32)22(23)26(36)31-20-9-5-7-18(27)24(20)34-3/h5,7,9-11,13,15,17,19,29H,4,6,8,12,14H2,1-3H3,(H,30,32)(H,31,36)/t15?,17-,19+/m0/s1. The van der Waals surface area contributed by atoms with Gasteiger partial charge in [0.25, 0.3) is 5.91 Å². The molecule has 0 spiro atoms. The highest BCUT2D eigenvalue weighted by molar-refractivity contribution is 7.81. The molecular weight excluding hydrogens is 500 g/mol. The number of anilines is 1. The molecule has 8 nitrogen and oxygen atoms in total. The molecule has 3 N–H and O–H groups in total. The number of fused-ring (bicyclic) bond motifs is 1. The molecule has 1 fully saturated rings. The zero-order valence-electron chi connectivity index (χ0n) is 20.6. The van der Waals surface area contributed by atoms with Gasteiger partial charge in [-0.1, -0.05) is 36.3 Å². The van der Waals surface area contributed by atoms with Crippen molar-refractivity contribution < 1.29 is 19.0 Å². The molecule has 0 saturated heterocycles. The van der Waals surface area contributed by atoms with Gasteiger partial charge in [0.2, 0.25) is 0 Å². The van der Waals surface area contributed by atoms with Crippen LogP contribution in [0.15, 0.2) is 47.9 Å². The molecule has 1 amide bonds. The van der Waals surface area contributed by atoms with Crippen LogP contribution in [0.2, 0.25) is 5.02 Å². The highest BCUT2D eigenvalue weighted by Crippen LogP contribution is 2.37. The number of carbonyl (C=O) groups is 1. The van der Waals surface area contributed by atoms with Crippen LogP contribution in [-0.2, 0) is 16.1 Å². The summed E-state index contributed by atoms with van der Waals surface area (Å²) < 4.78 is 16.7. The summed E-state index contributed by atoms with van der Waals surface area (Å²) in [5, 5.41) is 10.3. The lowest BCUT2D eigenvalue weighted by molar-refractivity contribution is -0.118. The van der Waals surface area contributed by atoms with Gasteiger partial charge in [0.1, 0.15) is 16.8 Å². The van der Waals surface area contributed by atoms with Crippen molar-refractivity contribution in [3.63, 3.8) is 0 Å². The number of amides is 1. The highest BCUT2D eigenvalue weighted by Gasteiger charge is 2.40. The number of para-hydroxylation sites is 1. The maximum atomic E-state index is 13.3. The van der Waals surface area contributed by atoms with Crippen molar-refractivity contribution in [3.05, 3.63) is 58.5 Å². The lowest BCUT2D eigenvalue weighted by Crippen LogP contribution is -2.48. The van der Waals surface area contributed by atoms with Crippen LogP contribution in [0.5, 0.6) is 11.5 Å². The largest absolute Gasteiger partial charge is 0.493 e. The van der Waals surface area contributed by atoms with E-state index < -0.39 is 0 Å². The number of hydrogen-bond donors (Lipinski definition) is 3. The number of methoxy groups -OCH3 is 2. The van der Waals surface area contributed by atoms with Crippen molar-refractivity contribution in [1.82, 2.24) is 15.6 Å². The lowest BCUT2D eigenvalue weighted by atomic mass is 9.90. The van der Waals surface area contributed by atoms with E-state index in [1.807, 2.05) is 19.1 Å². The Kier molecular flexibility index (Phi) is 8.66. The number of aromatic nitrogens is 1. The van der Waals surface area contributed by atoms with E-state index in [-0.39, 0.29) is 24.0 Å². The fourth-order valence-corrected chi connectivity index (χ4v) is 5.37. The Morgan fingerprint density at radius 1 is 1.31 bits per heavy atom. The number of carbonyl (C=O) groups excluding carboxylic acids is 1. The molecule has 2 heterocycles. The minimum atomic E-state index is -0.195. The van der Waals surface area contributed by atoms with Crippen LogP contribution in [-0.4, -0.2) is 48.9 Å². The fourth-order valence-electron chi connectivity index (χ4n) is 4.81. The van der Waals surface area contributed by atoms with Gasteiger partial charge in [-0.25, -0.2) is 0 Å². The molecule has 1 aliphatic carbocycles. The summed E-state index contributed by atoms with van der Waals surface area (Å²) >= 11 is 12.0. The lowest BCUT2D eigenvalue weighted by Gasteiger charge is -2.33. The molecule has 192 valence electrons. The average molecular weight is 531 g/mol. The van der Waals surface area contributed by atoms with E-state index >= 15 is 0 Å². The first-order valence-electron chi connectivity index (χ1n) is 11.9. The number of nitrogens with one attached hydrogen (secondary N) is 3. The van der Waals surface area contributed by atoms with E-state index in [1.54, 1.807) is 38.7 Å². The van der Waals surface area contributed by atoms with Gasteiger partial charge in [0, 0.05) is 43.1 Å². The van der Waals surface area contributed by atoms with Crippen molar-refractivity contribution >= 4 is 40.4 Å². The number of halogens is 1. The third-order valence-corrected chi connectivity index (χ3v) is 7.02. The maximum absolute atomic E-state index is 13.3. The zero-order chi connectivity index (χ0) is 25.7. The van der Waals surface area contributed by atoms with Crippen molar-refractivity contribution in [2.75, 3.05) is 26.1 Å². The summed E-state index contributed by atoms with van der Waals surface area (Å²) in [4.78, 5) is 17.8. The van der Waals surface area contributed by atoms with Crippen LogP contribution in [0.4, 0.5) is 5.69 Å². The zero-order valence-corrected chi connectivity index (χ0v) is 22.2. The van der Waals surface area contributed by atoms with Crippen LogP contribution in [0, 0.1) is 5.92 Å². The quantitative estimate of drug-likeness (QED) is 0.393. The Balaban J connectivity index is 1.63. The van der Waals surface area contributed by atoms with Gasteiger partial charge in [0.15, 0.2) is 5.75 Å². The first-order chi connectivity index (χ1) is 17.4. The SMILES string of the molecule is COCC(C)Oc1cnccc1CNC1=C(C(=S)Nc2cccc(Cl)c2OC)C(=O)N[C@@H]2CCC[C@H]12. The average Bonchev–Trinajstić information content (AvgIpc) is 3.31. The first kappa shape index (κ1) is 26.2. The van der Waals surface area contributed by atoms with E-state index in [2.05, 4.69) is 20.9 Å². The second-order valence-corrected chi connectivity index (χ2v) is 9.72. The maximum Gasteiger partial charge on any atom is 0.256 e. The molecule has 1 saturated carbocycles. The van der Waals surface area contributed by atoms with Crippen LogP contribution >= 0.6 is 23.8 Å². The van der Waals surface area contributed by atoms with Gasteiger partial charge in [-0.2, -0.15) is 0 Å². The fraction of sp³-hybridized carbons (Fsp3) is 0.423. The second-order valence-electron chi connectivity index (χ2n) is 8.90. The monoisotopic (exact) mass is 530 g/mol. The minimum Gasteiger partial charge on any atom is -0.493 e. The van der Waals surface area contributed by atoms with E-state index in [0.717, 1.165) is 30.5 Å². The van der Waals surface area contributed by atoms with E-state index in [4.69, 9.17) is 38.0 Å². The summed E-state index contributed by atoms with van der Waals surface area (Å²) in [5.74, 6) is 1.09. The number of pyridine rings is 1. The Morgan fingerprint density at radius 2 is 2.14 bits per heavy atom. The molecule has 0 bridgehead atoms. The van der Waals surface area contributed by atoms with Crippen LogP contribution in [0.25, 0.3) is 0 Å². The van der Waals surface area contributed by atoms with Crippen molar-refractivity contribution in [3.8, 4) is 11.5 Å². The Morgan fingerprint density at radius 3 is 2.92 bits per heavy atom. The molecule has 2 aromatic rings. The first-order valence-corrected chi connectivity index (χ1v) is 12.7. The van der Waals surface area contributed by atoms with Crippen molar-refractivity contribution in [1.29, 1.82) is 0 Å². The molecule has 1 unspecified atom stereocenters. The molecule has 36 heavy (non-hydrogen) atoms. The highest BCUT2D eigenvalue weighted by atomic mass is 35.5. The number of rotatable bonds is 10. The minimum absolute atomic E-state index is 0.0853. The van der Waals surface area contributed by atoms with Gasteiger partial charge in [-0.05, 0) is 38.0 Å². The molecular formula is C26H31ClN4O4S. The van der Waals surface area contributed by atoms with Crippen LogP contribution in [0.1, 0.15) is 31.7 Å². The summed E-state index contributed by atoms with van der Waals surface area (Å²) in [7, 11) is 3.18.